The number of carbonyl (C=O) groups is 3. The van der Waals surface area contributed by atoms with E-state index >= 15 is 0 Å². The van der Waals surface area contributed by atoms with Crippen molar-refractivity contribution in [2.24, 2.45) is 0 Å². The molecule has 0 aromatic heterocycles. The molecule has 26 heavy (non-hydrogen) atoms. The molecule has 0 unspecified atom stereocenters. The van der Waals surface area contributed by atoms with E-state index in [0.717, 1.165) is 0 Å². The number of hydrogen-bond acceptors (Lipinski definition) is 4. The summed E-state index contributed by atoms with van der Waals surface area (Å²) in [7, 11) is 1.28. The van der Waals surface area contributed by atoms with E-state index in [0.29, 0.717) is 21.8 Å². The maximum atomic E-state index is 12.6. The van der Waals surface area contributed by atoms with Crippen LogP contribution in [0.3, 0.4) is 0 Å². The Morgan fingerprint density at radius 1 is 1.12 bits per heavy atom. The predicted octanol–water partition coefficient (Wildman–Crippen LogP) is 3.33. The minimum Gasteiger partial charge on any atom is -0.469 e. The van der Waals surface area contributed by atoms with Crippen molar-refractivity contribution in [3.8, 4) is 0 Å². The second-order valence-electron chi connectivity index (χ2n) is 5.59. The Balaban J connectivity index is 2.25. The van der Waals surface area contributed by atoms with Crippen molar-refractivity contribution in [3.05, 3.63) is 64.7 Å². The van der Waals surface area contributed by atoms with Gasteiger partial charge in [0, 0.05) is 23.2 Å². The number of esters is 1. The molecule has 2 aromatic carbocycles. The van der Waals surface area contributed by atoms with E-state index in [1.807, 2.05) is 0 Å². The number of nitrogens with one attached hydrogen (secondary N) is 2. The zero-order chi connectivity index (χ0) is 19.1. The summed E-state index contributed by atoms with van der Waals surface area (Å²) in [6.45, 7) is 1.39. The first kappa shape index (κ1) is 19.5. The summed E-state index contributed by atoms with van der Waals surface area (Å²) >= 11 is 6.21. The Kier molecular flexibility index (Phi) is 6.74. The monoisotopic (exact) mass is 374 g/mol. The molecule has 0 saturated carbocycles. The van der Waals surface area contributed by atoms with Gasteiger partial charge < -0.3 is 15.4 Å². The van der Waals surface area contributed by atoms with Gasteiger partial charge in [-0.05, 0) is 29.8 Å². The van der Waals surface area contributed by atoms with Crippen LogP contribution in [0.2, 0.25) is 5.02 Å². The molecule has 2 N–H and O–H groups in total. The maximum Gasteiger partial charge on any atom is 0.307 e. The van der Waals surface area contributed by atoms with Crippen LogP contribution in [0.1, 0.15) is 35.3 Å². The summed E-state index contributed by atoms with van der Waals surface area (Å²) in [5.74, 6) is -1.10. The van der Waals surface area contributed by atoms with E-state index in [1.54, 1.807) is 48.5 Å². The first-order valence-electron chi connectivity index (χ1n) is 7.90. The van der Waals surface area contributed by atoms with Gasteiger partial charge in [-0.2, -0.15) is 0 Å². The smallest absolute Gasteiger partial charge is 0.307 e. The lowest BCUT2D eigenvalue weighted by molar-refractivity contribution is -0.141. The molecule has 6 nitrogen and oxygen atoms in total. The highest BCUT2D eigenvalue weighted by Gasteiger charge is 2.21. The molecule has 0 fully saturated rings. The Labute approximate surface area is 156 Å². The SMILES string of the molecule is COC(=O)C[C@H](NC(=O)c1cccc(NC(C)=O)c1)c1ccccc1Cl. The van der Waals surface area contributed by atoms with Crippen molar-refractivity contribution in [3.63, 3.8) is 0 Å². The Hall–Kier alpha value is -2.86. The molecule has 0 bridgehead atoms. The summed E-state index contributed by atoms with van der Waals surface area (Å²) in [6, 6.07) is 12.8. The molecular weight excluding hydrogens is 356 g/mol. The van der Waals surface area contributed by atoms with Crippen molar-refractivity contribution < 1.29 is 19.1 Å². The van der Waals surface area contributed by atoms with E-state index in [9.17, 15) is 14.4 Å². The lowest BCUT2D eigenvalue weighted by atomic mass is 10.0. The zero-order valence-corrected chi connectivity index (χ0v) is 15.2. The lowest BCUT2D eigenvalue weighted by Gasteiger charge is -2.19. The fourth-order valence-corrected chi connectivity index (χ4v) is 2.70. The number of hydrogen-bond donors (Lipinski definition) is 2. The first-order valence-corrected chi connectivity index (χ1v) is 8.28. The van der Waals surface area contributed by atoms with Gasteiger partial charge in [0.2, 0.25) is 5.91 Å². The van der Waals surface area contributed by atoms with E-state index < -0.39 is 17.9 Å². The zero-order valence-electron chi connectivity index (χ0n) is 14.4. The van der Waals surface area contributed by atoms with Crippen LogP contribution in [0, 0.1) is 0 Å². The van der Waals surface area contributed by atoms with Crippen LogP contribution in [0.15, 0.2) is 48.5 Å². The van der Waals surface area contributed by atoms with Crippen molar-refractivity contribution >= 4 is 35.1 Å². The van der Waals surface area contributed by atoms with Crippen LogP contribution in [0.25, 0.3) is 0 Å². The van der Waals surface area contributed by atoms with E-state index in [-0.39, 0.29) is 12.3 Å². The van der Waals surface area contributed by atoms with Crippen LogP contribution in [-0.4, -0.2) is 24.9 Å². The number of amides is 2. The topological polar surface area (TPSA) is 84.5 Å². The molecule has 7 heteroatoms. The van der Waals surface area contributed by atoms with Crippen LogP contribution >= 0.6 is 11.6 Å². The number of ether oxygens (including phenoxy) is 1. The van der Waals surface area contributed by atoms with Gasteiger partial charge in [0.1, 0.15) is 0 Å². The summed E-state index contributed by atoms with van der Waals surface area (Å²) in [5, 5.41) is 5.86. The average molecular weight is 375 g/mol. The largest absolute Gasteiger partial charge is 0.469 e. The molecule has 0 aliphatic heterocycles. The molecule has 2 aromatic rings. The molecule has 0 radical (unpaired) electrons. The third kappa shape index (κ3) is 5.32. The average Bonchev–Trinajstić information content (AvgIpc) is 2.61. The van der Waals surface area contributed by atoms with Gasteiger partial charge in [0.15, 0.2) is 0 Å². The van der Waals surface area contributed by atoms with E-state index in [1.165, 1.54) is 14.0 Å². The molecule has 1 atom stereocenters. The fourth-order valence-electron chi connectivity index (χ4n) is 2.43. The van der Waals surface area contributed by atoms with Crippen molar-refractivity contribution in [1.82, 2.24) is 5.32 Å². The number of anilines is 1. The third-order valence-corrected chi connectivity index (χ3v) is 3.97. The summed E-state index contributed by atoms with van der Waals surface area (Å²) in [4.78, 5) is 35.5. The molecular formula is C19H19ClN2O4. The van der Waals surface area contributed by atoms with Gasteiger partial charge in [-0.15, -0.1) is 0 Å². The van der Waals surface area contributed by atoms with Crippen molar-refractivity contribution in [1.29, 1.82) is 0 Å². The Morgan fingerprint density at radius 3 is 2.50 bits per heavy atom. The summed E-state index contributed by atoms with van der Waals surface area (Å²) in [5.41, 5.74) is 1.47. The van der Waals surface area contributed by atoms with Crippen LogP contribution < -0.4 is 10.6 Å². The maximum absolute atomic E-state index is 12.6. The summed E-state index contributed by atoms with van der Waals surface area (Å²) in [6.07, 6.45) is -0.0582. The molecule has 0 heterocycles. The van der Waals surface area contributed by atoms with Gasteiger partial charge in [0.25, 0.3) is 5.91 Å². The second kappa shape index (κ2) is 9.01. The number of benzene rings is 2. The highest BCUT2D eigenvalue weighted by molar-refractivity contribution is 6.31. The second-order valence-corrected chi connectivity index (χ2v) is 6.00. The van der Waals surface area contributed by atoms with Gasteiger partial charge in [-0.1, -0.05) is 35.9 Å². The molecule has 2 amide bonds. The molecule has 0 spiro atoms. The minimum atomic E-state index is -0.645. The normalized spacial score (nSPS) is 11.3. The lowest BCUT2D eigenvalue weighted by Crippen LogP contribution is -2.30. The van der Waals surface area contributed by atoms with Gasteiger partial charge >= 0.3 is 5.97 Å². The van der Waals surface area contributed by atoms with Crippen molar-refractivity contribution in [2.45, 2.75) is 19.4 Å². The molecule has 0 saturated heterocycles. The fraction of sp³-hybridized carbons (Fsp3) is 0.211. The highest BCUT2D eigenvalue weighted by Crippen LogP contribution is 2.26. The Bertz CT molecular complexity index is 823. The van der Waals surface area contributed by atoms with E-state index in [2.05, 4.69) is 10.6 Å². The Morgan fingerprint density at radius 2 is 1.85 bits per heavy atom. The summed E-state index contributed by atoms with van der Waals surface area (Å²) < 4.78 is 4.71. The highest BCUT2D eigenvalue weighted by atomic mass is 35.5. The van der Waals surface area contributed by atoms with Crippen molar-refractivity contribution in [2.75, 3.05) is 12.4 Å². The van der Waals surface area contributed by atoms with Gasteiger partial charge in [-0.3, -0.25) is 14.4 Å². The molecule has 0 aliphatic carbocycles. The standard InChI is InChI=1S/C19H19ClN2O4/c1-12(23)21-14-7-5-6-13(10-14)19(25)22-17(11-18(24)26-2)15-8-3-4-9-16(15)20/h3-10,17H,11H2,1-2H3,(H,21,23)(H,22,25)/t17-/m0/s1. The van der Waals surface area contributed by atoms with Gasteiger partial charge in [0.05, 0.1) is 19.6 Å². The van der Waals surface area contributed by atoms with Crippen LogP contribution in [-0.2, 0) is 14.3 Å². The molecule has 136 valence electrons. The van der Waals surface area contributed by atoms with Crippen LogP contribution in [0.5, 0.6) is 0 Å². The van der Waals surface area contributed by atoms with E-state index in [4.69, 9.17) is 16.3 Å². The predicted molar refractivity (Wildman–Crippen MR) is 99.0 cm³/mol. The number of carbonyl (C=O) groups excluding carboxylic acids is 3. The number of methoxy groups -OCH3 is 1. The van der Waals surface area contributed by atoms with Crippen LogP contribution in [0.4, 0.5) is 5.69 Å². The molecule has 2 rings (SSSR count). The minimum absolute atomic E-state index is 0.0582. The quantitative estimate of drug-likeness (QED) is 0.759. The number of halogens is 1. The molecule has 0 aliphatic rings. The first-order chi connectivity index (χ1) is 12.4. The van der Waals surface area contributed by atoms with Gasteiger partial charge in [-0.25, -0.2) is 0 Å². The number of rotatable bonds is 6. The third-order valence-electron chi connectivity index (χ3n) is 3.63.